The van der Waals surface area contributed by atoms with Gasteiger partial charge in [0.15, 0.2) is 0 Å². The molecule has 1 atom stereocenters. The molecule has 4 nitrogen and oxygen atoms in total. The normalized spacial score (nSPS) is 24.0. The quantitative estimate of drug-likeness (QED) is 0.791. The van der Waals surface area contributed by atoms with Crippen molar-refractivity contribution in [1.82, 2.24) is 10.6 Å². The molecule has 0 aliphatic heterocycles. The van der Waals surface area contributed by atoms with E-state index in [4.69, 9.17) is 0 Å². The summed E-state index contributed by atoms with van der Waals surface area (Å²) >= 11 is 0. The van der Waals surface area contributed by atoms with Crippen LogP contribution in [-0.4, -0.2) is 23.9 Å². The number of nitrogens with one attached hydrogen (secondary N) is 2. The molecule has 1 unspecified atom stereocenters. The van der Waals surface area contributed by atoms with Gasteiger partial charge in [0.1, 0.15) is 6.04 Å². The Balaban J connectivity index is 2.52. The molecule has 4 heteroatoms. The third kappa shape index (κ3) is 5.29. The largest absolute Gasteiger partial charge is 0.352 e. The average Bonchev–Trinajstić information content (AvgIpc) is 2.44. The molecule has 0 bridgehead atoms. The second-order valence-electron chi connectivity index (χ2n) is 7.82. The van der Waals surface area contributed by atoms with Gasteiger partial charge < -0.3 is 10.6 Å². The lowest BCUT2D eigenvalue weighted by atomic mass is 9.69. The summed E-state index contributed by atoms with van der Waals surface area (Å²) in [6, 6.07) is -0.172. The Labute approximate surface area is 135 Å². The molecule has 0 aromatic heterocycles. The van der Waals surface area contributed by atoms with Crippen molar-refractivity contribution in [3.8, 4) is 0 Å². The topological polar surface area (TPSA) is 58.2 Å². The van der Waals surface area contributed by atoms with Crippen LogP contribution < -0.4 is 10.6 Å². The van der Waals surface area contributed by atoms with Gasteiger partial charge in [-0.1, -0.05) is 41.0 Å². The zero-order chi connectivity index (χ0) is 16.9. The van der Waals surface area contributed by atoms with E-state index >= 15 is 0 Å². The number of amides is 2. The molecule has 0 aromatic rings. The first-order valence-corrected chi connectivity index (χ1v) is 8.74. The van der Waals surface area contributed by atoms with Gasteiger partial charge in [0.25, 0.3) is 0 Å². The fourth-order valence-electron chi connectivity index (χ4n) is 3.35. The van der Waals surface area contributed by atoms with Gasteiger partial charge in [-0.05, 0) is 42.9 Å². The summed E-state index contributed by atoms with van der Waals surface area (Å²) in [4.78, 5) is 23.6. The van der Waals surface area contributed by atoms with Gasteiger partial charge in [-0.15, -0.1) is 0 Å². The van der Waals surface area contributed by atoms with E-state index in [0.717, 1.165) is 18.8 Å². The second-order valence-corrected chi connectivity index (χ2v) is 7.82. The maximum atomic E-state index is 12.4. The van der Waals surface area contributed by atoms with E-state index in [1.54, 1.807) is 0 Å². The van der Waals surface area contributed by atoms with Crippen LogP contribution in [0, 0.1) is 17.3 Å². The van der Waals surface area contributed by atoms with Crippen LogP contribution in [0.25, 0.3) is 0 Å². The lowest BCUT2D eigenvalue weighted by Crippen LogP contribution is -2.52. The van der Waals surface area contributed by atoms with Crippen LogP contribution in [-0.2, 0) is 9.59 Å². The molecule has 0 radical (unpaired) electrons. The van der Waals surface area contributed by atoms with Gasteiger partial charge in [0, 0.05) is 13.0 Å². The number of carbonyl (C=O) groups is 2. The summed E-state index contributed by atoms with van der Waals surface area (Å²) in [5, 5.41) is 5.90. The van der Waals surface area contributed by atoms with E-state index in [9.17, 15) is 9.59 Å². The van der Waals surface area contributed by atoms with Crippen LogP contribution in [0.5, 0.6) is 0 Å². The summed E-state index contributed by atoms with van der Waals surface area (Å²) < 4.78 is 0. The molecular formula is C18H34N2O2. The number of carbonyl (C=O) groups excluding carboxylic acids is 2. The molecule has 1 saturated carbocycles. The fraction of sp³-hybridized carbons (Fsp3) is 0.889. The highest BCUT2D eigenvalue weighted by atomic mass is 16.2. The Bertz CT molecular complexity index is 383. The van der Waals surface area contributed by atoms with Crippen molar-refractivity contribution in [2.75, 3.05) is 0 Å². The molecule has 1 rings (SSSR count). The first-order chi connectivity index (χ1) is 10.2. The molecule has 1 aliphatic carbocycles. The summed E-state index contributed by atoms with van der Waals surface area (Å²) in [5.74, 6) is 0.659. The SMILES string of the molecule is CCC(C)(C)C1CCC(NC(=O)C(NC(C)=O)C(C)C)CC1. The van der Waals surface area contributed by atoms with E-state index < -0.39 is 6.04 Å². The van der Waals surface area contributed by atoms with E-state index in [0.29, 0.717) is 5.41 Å². The molecule has 1 fully saturated rings. The van der Waals surface area contributed by atoms with Crippen molar-refractivity contribution in [1.29, 1.82) is 0 Å². The van der Waals surface area contributed by atoms with E-state index in [2.05, 4.69) is 31.4 Å². The molecule has 0 spiro atoms. The third-order valence-electron chi connectivity index (χ3n) is 5.40. The van der Waals surface area contributed by atoms with Crippen LogP contribution in [0.2, 0.25) is 0 Å². The van der Waals surface area contributed by atoms with Gasteiger partial charge in [0.05, 0.1) is 0 Å². The van der Waals surface area contributed by atoms with E-state index in [1.165, 1.54) is 26.2 Å². The highest BCUT2D eigenvalue weighted by molar-refractivity contribution is 5.87. The van der Waals surface area contributed by atoms with Gasteiger partial charge in [-0.3, -0.25) is 9.59 Å². The number of hydrogen-bond acceptors (Lipinski definition) is 2. The monoisotopic (exact) mass is 310 g/mol. The van der Waals surface area contributed by atoms with Crippen LogP contribution in [0.15, 0.2) is 0 Å². The molecule has 1 aliphatic rings. The average molecular weight is 310 g/mol. The van der Waals surface area contributed by atoms with Crippen LogP contribution >= 0.6 is 0 Å². The lowest BCUT2D eigenvalue weighted by molar-refractivity contribution is -0.129. The molecule has 0 aromatic carbocycles. The summed E-state index contributed by atoms with van der Waals surface area (Å²) in [6.45, 7) is 12.3. The van der Waals surface area contributed by atoms with Gasteiger partial charge >= 0.3 is 0 Å². The maximum Gasteiger partial charge on any atom is 0.243 e. The first-order valence-electron chi connectivity index (χ1n) is 8.74. The van der Waals surface area contributed by atoms with Gasteiger partial charge in [0.2, 0.25) is 11.8 Å². The number of rotatable bonds is 6. The molecule has 128 valence electrons. The van der Waals surface area contributed by atoms with Crippen LogP contribution in [0.4, 0.5) is 0 Å². The molecule has 2 amide bonds. The van der Waals surface area contributed by atoms with Crippen molar-refractivity contribution in [2.24, 2.45) is 17.3 Å². The predicted molar refractivity (Wildman–Crippen MR) is 90.4 cm³/mol. The molecule has 2 N–H and O–H groups in total. The van der Waals surface area contributed by atoms with Crippen LogP contribution in [0.1, 0.15) is 73.6 Å². The summed E-state index contributed by atoms with van der Waals surface area (Å²) in [5.41, 5.74) is 0.394. The fourth-order valence-corrected chi connectivity index (χ4v) is 3.35. The highest BCUT2D eigenvalue weighted by Gasteiger charge is 2.33. The minimum absolute atomic E-state index is 0.0385. The lowest BCUT2D eigenvalue weighted by Gasteiger charge is -2.39. The number of hydrogen-bond donors (Lipinski definition) is 2. The summed E-state index contributed by atoms with van der Waals surface area (Å²) in [6.07, 6.45) is 5.65. The molecule has 0 heterocycles. The Morgan fingerprint density at radius 2 is 1.68 bits per heavy atom. The Kier molecular flexibility index (Phi) is 6.89. The van der Waals surface area contributed by atoms with Crippen molar-refractivity contribution >= 4 is 11.8 Å². The van der Waals surface area contributed by atoms with E-state index in [1.807, 2.05) is 13.8 Å². The molecule has 0 saturated heterocycles. The zero-order valence-electron chi connectivity index (χ0n) is 15.2. The first kappa shape index (κ1) is 19.0. The second kappa shape index (κ2) is 7.98. The summed E-state index contributed by atoms with van der Waals surface area (Å²) in [7, 11) is 0. The van der Waals surface area contributed by atoms with Gasteiger partial charge in [-0.2, -0.15) is 0 Å². The smallest absolute Gasteiger partial charge is 0.243 e. The Hall–Kier alpha value is -1.06. The molecular weight excluding hydrogens is 276 g/mol. The minimum atomic E-state index is -0.428. The minimum Gasteiger partial charge on any atom is -0.352 e. The van der Waals surface area contributed by atoms with Crippen molar-refractivity contribution in [3.63, 3.8) is 0 Å². The molecule has 22 heavy (non-hydrogen) atoms. The van der Waals surface area contributed by atoms with E-state index in [-0.39, 0.29) is 23.8 Å². The zero-order valence-corrected chi connectivity index (χ0v) is 15.2. The Morgan fingerprint density at radius 3 is 2.09 bits per heavy atom. The standard InChI is InChI=1S/C18H34N2O2/c1-7-18(5,6)14-8-10-15(11-9-14)20-17(22)16(12(2)3)19-13(4)21/h12,14-16H,7-11H2,1-6H3,(H,19,21)(H,20,22). The van der Waals surface area contributed by atoms with Crippen molar-refractivity contribution in [2.45, 2.75) is 85.7 Å². The third-order valence-corrected chi connectivity index (χ3v) is 5.40. The Morgan fingerprint density at radius 1 is 1.14 bits per heavy atom. The van der Waals surface area contributed by atoms with Crippen LogP contribution in [0.3, 0.4) is 0 Å². The van der Waals surface area contributed by atoms with Crippen molar-refractivity contribution < 1.29 is 9.59 Å². The maximum absolute atomic E-state index is 12.4. The van der Waals surface area contributed by atoms with Gasteiger partial charge in [-0.25, -0.2) is 0 Å². The highest BCUT2D eigenvalue weighted by Crippen LogP contribution is 2.40. The van der Waals surface area contributed by atoms with Crippen molar-refractivity contribution in [3.05, 3.63) is 0 Å². The predicted octanol–water partition coefficient (Wildman–Crippen LogP) is 3.26.